The molecule has 2 rings (SSSR count). The van der Waals surface area contributed by atoms with Crippen molar-refractivity contribution >= 4 is 30.8 Å². The minimum Gasteiger partial charge on any atom is -0.482 e. The first-order valence-electron chi connectivity index (χ1n) is 8.10. The molecule has 2 aromatic rings. The number of carbonyl (C=O) groups is 1. The van der Waals surface area contributed by atoms with Crippen LogP contribution >= 0.6 is 24.8 Å². The van der Waals surface area contributed by atoms with Gasteiger partial charge in [-0.2, -0.15) is 0 Å². The number of nitrogens with zero attached hydrogens (tertiary/aromatic N) is 1. The third-order valence-corrected chi connectivity index (χ3v) is 3.69. The maximum Gasteiger partial charge on any atom is 0.343 e. The van der Waals surface area contributed by atoms with Gasteiger partial charge in [-0.25, -0.2) is 9.78 Å². The Morgan fingerprint density at radius 2 is 1.96 bits per heavy atom. The third-order valence-electron chi connectivity index (χ3n) is 3.69. The molecule has 2 N–H and O–H groups in total. The predicted octanol–water partition coefficient (Wildman–Crippen LogP) is 2.63. The molecule has 0 amide bonds. The normalized spacial score (nSPS) is 12.3. The molecule has 9 heteroatoms. The highest BCUT2D eigenvalue weighted by Gasteiger charge is 2.13. The Labute approximate surface area is 171 Å². The predicted molar refractivity (Wildman–Crippen MR) is 106 cm³/mol. The largest absolute Gasteiger partial charge is 0.482 e. The number of hydrogen-bond donors (Lipinski definition) is 2. The molecule has 1 aromatic carbocycles. The lowest BCUT2D eigenvalue weighted by molar-refractivity contribution is -0.142. The minimum absolute atomic E-state index is 0. The van der Waals surface area contributed by atoms with Gasteiger partial charge in [0, 0.05) is 19.5 Å². The lowest BCUT2D eigenvalue weighted by Crippen LogP contribution is -2.32. The zero-order valence-corrected chi connectivity index (χ0v) is 17.1. The first kappa shape index (κ1) is 25.2. The van der Waals surface area contributed by atoms with Crippen LogP contribution in [0.2, 0.25) is 0 Å². The molecule has 0 radical (unpaired) electrons. The molecule has 0 aliphatic carbocycles. The maximum atomic E-state index is 11.0. The monoisotopic (exact) mass is 420 g/mol. The number of aryl methyl sites for hydroxylation is 1. The van der Waals surface area contributed by atoms with Gasteiger partial charge in [-0.15, -0.1) is 24.8 Å². The molecule has 2 atom stereocenters. The number of halogens is 2. The highest BCUT2D eigenvalue weighted by molar-refractivity contribution is 5.85. The number of rotatable bonds is 9. The summed E-state index contributed by atoms with van der Waals surface area (Å²) < 4.78 is 14.9. The van der Waals surface area contributed by atoms with Crippen LogP contribution in [0.15, 0.2) is 34.9 Å². The number of ether oxygens (including phenoxy) is 2. The Kier molecular flexibility index (Phi) is 11.7. The number of esters is 1. The first-order chi connectivity index (χ1) is 12.0. The lowest BCUT2D eigenvalue weighted by atomic mass is 10.1. The van der Waals surface area contributed by atoms with E-state index in [1.165, 1.54) is 13.4 Å². The van der Waals surface area contributed by atoms with E-state index < -0.39 is 12.1 Å². The van der Waals surface area contributed by atoms with Crippen LogP contribution in [-0.2, 0) is 16.0 Å². The number of carbonyl (C=O) groups excluding carboxylic acids is 1. The molecule has 152 valence electrons. The number of aromatic nitrogens is 1. The Bertz CT molecular complexity index is 679. The average Bonchev–Trinajstić information content (AvgIpc) is 3.05. The van der Waals surface area contributed by atoms with Crippen molar-refractivity contribution in [2.75, 3.05) is 20.3 Å². The molecule has 1 aromatic heterocycles. The van der Waals surface area contributed by atoms with Gasteiger partial charge >= 0.3 is 5.97 Å². The highest BCUT2D eigenvalue weighted by atomic mass is 35.5. The van der Waals surface area contributed by atoms with Crippen LogP contribution in [0.25, 0.3) is 0 Å². The summed E-state index contributed by atoms with van der Waals surface area (Å²) in [7, 11) is 1.32. The third kappa shape index (κ3) is 8.62. The van der Waals surface area contributed by atoms with Crippen molar-refractivity contribution in [1.29, 1.82) is 0 Å². The number of nitrogens with one attached hydrogen (secondary N) is 1. The molecule has 0 bridgehead atoms. The number of hydrogen-bond acceptors (Lipinski definition) is 7. The zero-order valence-electron chi connectivity index (χ0n) is 15.5. The number of aliphatic hydroxyl groups excluding tert-OH is 1. The van der Waals surface area contributed by atoms with Gasteiger partial charge in [-0.05, 0) is 31.0 Å². The topological polar surface area (TPSA) is 93.8 Å². The molecule has 0 saturated carbocycles. The van der Waals surface area contributed by atoms with Crippen LogP contribution in [0.3, 0.4) is 0 Å². The number of oxazole rings is 1. The molecular weight excluding hydrogens is 395 g/mol. The van der Waals surface area contributed by atoms with Gasteiger partial charge in [0.15, 0.2) is 12.5 Å². The van der Waals surface area contributed by atoms with E-state index >= 15 is 0 Å². The van der Waals surface area contributed by atoms with Gasteiger partial charge in [0.05, 0.1) is 7.11 Å². The van der Waals surface area contributed by atoms with Gasteiger partial charge in [0.1, 0.15) is 23.8 Å². The van der Waals surface area contributed by atoms with E-state index in [4.69, 9.17) is 9.15 Å². The smallest absolute Gasteiger partial charge is 0.343 e. The summed E-state index contributed by atoms with van der Waals surface area (Å²) in [6, 6.07) is 7.70. The average molecular weight is 421 g/mol. The molecule has 0 aliphatic heterocycles. The number of benzene rings is 1. The van der Waals surface area contributed by atoms with E-state index in [0.29, 0.717) is 23.9 Å². The van der Waals surface area contributed by atoms with Crippen LogP contribution in [0.5, 0.6) is 5.75 Å². The lowest BCUT2D eigenvalue weighted by Gasteiger charge is -2.16. The second-order valence-electron chi connectivity index (χ2n) is 5.83. The fourth-order valence-corrected chi connectivity index (χ4v) is 2.30. The SMILES string of the molecule is COC(=O)COc1ccc(CC(C)NCC(O)c2coc(C)n2)cc1.Cl.Cl. The fraction of sp³-hybridized carbons (Fsp3) is 0.444. The Morgan fingerprint density at radius 3 is 2.52 bits per heavy atom. The van der Waals surface area contributed by atoms with Crippen molar-refractivity contribution in [3.05, 3.63) is 47.7 Å². The highest BCUT2D eigenvalue weighted by Crippen LogP contribution is 2.14. The van der Waals surface area contributed by atoms with E-state index in [9.17, 15) is 9.90 Å². The summed E-state index contributed by atoms with van der Waals surface area (Å²) in [5, 5.41) is 13.3. The summed E-state index contributed by atoms with van der Waals surface area (Å²) >= 11 is 0. The van der Waals surface area contributed by atoms with Crippen molar-refractivity contribution in [3.63, 3.8) is 0 Å². The molecule has 0 saturated heterocycles. The molecule has 0 fully saturated rings. The van der Waals surface area contributed by atoms with Gasteiger partial charge < -0.3 is 24.3 Å². The molecule has 1 heterocycles. The number of aliphatic hydroxyl groups is 1. The molecule has 7 nitrogen and oxygen atoms in total. The summed E-state index contributed by atoms with van der Waals surface area (Å²) in [5.41, 5.74) is 1.65. The summed E-state index contributed by atoms with van der Waals surface area (Å²) in [5.74, 6) is 0.742. The van der Waals surface area contributed by atoms with Gasteiger partial charge in [0.2, 0.25) is 0 Å². The summed E-state index contributed by atoms with van der Waals surface area (Å²) in [4.78, 5) is 15.2. The van der Waals surface area contributed by atoms with Gasteiger partial charge in [-0.3, -0.25) is 0 Å². The molecule has 27 heavy (non-hydrogen) atoms. The molecular formula is C18H26Cl2N2O5. The maximum absolute atomic E-state index is 11.0. The van der Waals surface area contributed by atoms with Crippen LogP contribution in [0.1, 0.15) is 30.2 Å². The minimum atomic E-state index is -0.700. The Balaban J connectivity index is 0.00000338. The van der Waals surface area contributed by atoms with Crippen molar-refractivity contribution in [2.45, 2.75) is 32.4 Å². The van der Waals surface area contributed by atoms with Crippen molar-refractivity contribution < 1.29 is 23.8 Å². The molecule has 0 spiro atoms. The zero-order chi connectivity index (χ0) is 18.2. The standard InChI is InChI=1S/C18H24N2O5.2ClH/c1-12(19-9-17(21)16-10-24-13(2)20-16)8-14-4-6-15(7-5-14)25-11-18(22)23-3;;/h4-7,10,12,17,19,21H,8-9,11H2,1-3H3;2*1H. The second kappa shape index (κ2) is 12.6. The van der Waals surface area contributed by atoms with Crippen molar-refractivity contribution in [2.24, 2.45) is 0 Å². The van der Waals surface area contributed by atoms with Crippen LogP contribution in [0, 0.1) is 6.92 Å². The van der Waals surface area contributed by atoms with Crippen molar-refractivity contribution in [3.8, 4) is 5.75 Å². The van der Waals surface area contributed by atoms with Gasteiger partial charge in [0.25, 0.3) is 0 Å². The van der Waals surface area contributed by atoms with Crippen molar-refractivity contribution in [1.82, 2.24) is 10.3 Å². The van der Waals surface area contributed by atoms with E-state index in [1.54, 1.807) is 6.92 Å². The summed E-state index contributed by atoms with van der Waals surface area (Å²) in [6.07, 6.45) is 1.57. The quantitative estimate of drug-likeness (QED) is 0.602. The summed E-state index contributed by atoms with van der Waals surface area (Å²) in [6.45, 7) is 4.08. The van der Waals surface area contributed by atoms with E-state index in [-0.39, 0.29) is 37.5 Å². The van der Waals surface area contributed by atoms with Gasteiger partial charge in [-0.1, -0.05) is 12.1 Å². The van der Waals surface area contributed by atoms with E-state index in [0.717, 1.165) is 12.0 Å². The Hall–Kier alpha value is -1.80. The molecule has 2 unspecified atom stereocenters. The van der Waals surface area contributed by atoms with Crippen LogP contribution in [0.4, 0.5) is 0 Å². The van der Waals surface area contributed by atoms with Crippen LogP contribution in [-0.4, -0.2) is 42.4 Å². The number of methoxy groups -OCH3 is 1. The Morgan fingerprint density at radius 1 is 1.30 bits per heavy atom. The van der Waals surface area contributed by atoms with E-state index in [2.05, 4.69) is 15.0 Å². The van der Waals surface area contributed by atoms with E-state index in [1.807, 2.05) is 31.2 Å². The molecule has 0 aliphatic rings. The first-order valence-corrected chi connectivity index (χ1v) is 8.10. The van der Waals surface area contributed by atoms with Crippen LogP contribution < -0.4 is 10.1 Å². The second-order valence-corrected chi connectivity index (χ2v) is 5.83. The fourth-order valence-electron chi connectivity index (χ4n) is 2.30.